The molecular formula is C33H37BBr2N3O2S. The SMILES string of the molecule is C.CC(C)Cc1cc2c(oc3ccccc32)c(CC(C)C)c1N.Nc1c(Br)cc2c(oc3ccccc32)c1Br.[B]=NS. The van der Waals surface area contributed by atoms with Crippen molar-refractivity contribution < 1.29 is 8.83 Å². The molecule has 42 heavy (non-hydrogen) atoms. The average molecular weight is 710 g/mol. The summed E-state index contributed by atoms with van der Waals surface area (Å²) in [6.45, 7) is 8.92. The number of nitrogens with zero attached hydrogens (tertiary/aromatic N) is 1. The van der Waals surface area contributed by atoms with E-state index in [0.29, 0.717) is 17.5 Å². The molecule has 0 saturated carbocycles. The van der Waals surface area contributed by atoms with Crippen LogP contribution in [0.15, 0.2) is 82.7 Å². The van der Waals surface area contributed by atoms with Gasteiger partial charge in [0.1, 0.15) is 16.7 Å². The Labute approximate surface area is 271 Å². The third-order valence-electron chi connectivity index (χ3n) is 6.74. The summed E-state index contributed by atoms with van der Waals surface area (Å²) in [5.74, 6) is 1.14. The molecule has 0 aliphatic rings. The van der Waals surface area contributed by atoms with E-state index in [0.717, 1.165) is 60.6 Å². The van der Waals surface area contributed by atoms with Gasteiger partial charge in [-0.3, -0.25) is 0 Å². The molecule has 219 valence electrons. The predicted octanol–water partition coefficient (Wildman–Crippen LogP) is 11.1. The number of hydrogen-bond acceptors (Lipinski definition) is 6. The molecule has 4 aromatic carbocycles. The minimum absolute atomic E-state index is 0. The Morgan fingerprint density at radius 2 is 1.24 bits per heavy atom. The fraction of sp³-hybridized carbons (Fsp3) is 0.273. The Balaban J connectivity index is 0.000000214. The third-order valence-corrected chi connectivity index (χ3v) is 8.18. The van der Waals surface area contributed by atoms with Gasteiger partial charge in [0.2, 0.25) is 0 Å². The number of para-hydroxylation sites is 2. The van der Waals surface area contributed by atoms with E-state index in [2.05, 4.69) is 103 Å². The van der Waals surface area contributed by atoms with E-state index in [9.17, 15) is 0 Å². The van der Waals surface area contributed by atoms with Crippen LogP contribution in [0.25, 0.3) is 43.9 Å². The zero-order chi connectivity index (χ0) is 29.8. The number of rotatable bonds is 4. The molecule has 0 unspecified atom stereocenters. The van der Waals surface area contributed by atoms with Gasteiger partial charge < -0.3 is 20.3 Å². The van der Waals surface area contributed by atoms with Gasteiger partial charge in [-0.15, -0.1) is 0 Å². The molecule has 4 N–H and O–H groups in total. The number of furan rings is 2. The average Bonchev–Trinajstić information content (AvgIpc) is 3.49. The molecular weight excluding hydrogens is 673 g/mol. The summed E-state index contributed by atoms with van der Waals surface area (Å²) in [6, 6.07) is 20.4. The summed E-state index contributed by atoms with van der Waals surface area (Å²) < 4.78 is 16.3. The molecule has 0 saturated heterocycles. The second kappa shape index (κ2) is 14.6. The van der Waals surface area contributed by atoms with E-state index < -0.39 is 0 Å². The summed E-state index contributed by atoms with van der Waals surface area (Å²) in [5, 5.41) is 4.55. The maximum absolute atomic E-state index is 6.51. The molecule has 2 aromatic heterocycles. The van der Waals surface area contributed by atoms with Gasteiger partial charge in [-0.2, -0.15) is 0 Å². The fourth-order valence-corrected chi connectivity index (χ4v) is 6.23. The zero-order valence-electron chi connectivity index (χ0n) is 23.5. The zero-order valence-corrected chi connectivity index (χ0v) is 27.6. The van der Waals surface area contributed by atoms with Crippen LogP contribution in [0.3, 0.4) is 0 Å². The van der Waals surface area contributed by atoms with Crippen LogP contribution in [0.2, 0.25) is 0 Å². The monoisotopic (exact) mass is 708 g/mol. The molecule has 0 aliphatic carbocycles. The summed E-state index contributed by atoms with van der Waals surface area (Å²) in [4.78, 5) is 0. The molecule has 5 nitrogen and oxygen atoms in total. The van der Waals surface area contributed by atoms with Gasteiger partial charge in [0, 0.05) is 37.3 Å². The normalized spacial score (nSPS) is 11.0. The van der Waals surface area contributed by atoms with Crippen LogP contribution < -0.4 is 11.5 Å². The molecule has 1 radical (unpaired) electrons. The molecule has 6 aromatic rings. The second-order valence-electron chi connectivity index (χ2n) is 10.8. The van der Waals surface area contributed by atoms with Crippen LogP contribution in [-0.4, -0.2) is 7.64 Å². The molecule has 6 rings (SSSR count). The van der Waals surface area contributed by atoms with Crippen LogP contribution in [-0.2, 0) is 12.8 Å². The van der Waals surface area contributed by atoms with E-state index in [1.165, 1.54) is 21.9 Å². The van der Waals surface area contributed by atoms with Crippen molar-refractivity contribution in [3.05, 3.63) is 80.7 Å². The van der Waals surface area contributed by atoms with Crippen LogP contribution in [0.1, 0.15) is 46.2 Å². The molecule has 0 fully saturated rings. The minimum atomic E-state index is 0. The number of nitrogens with two attached hydrogens (primary N) is 2. The van der Waals surface area contributed by atoms with Crippen molar-refractivity contribution in [2.75, 3.05) is 11.5 Å². The van der Waals surface area contributed by atoms with Crippen LogP contribution in [0.4, 0.5) is 11.4 Å². The van der Waals surface area contributed by atoms with Gasteiger partial charge in [-0.1, -0.05) is 71.5 Å². The number of benzene rings is 4. The van der Waals surface area contributed by atoms with Crippen LogP contribution >= 0.6 is 44.7 Å². The van der Waals surface area contributed by atoms with Crippen LogP contribution in [0, 0.1) is 11.8 Å². The second-order valence-corrected chi connectivity index (χ2v) is 12.7. The van der Waals surface area contributed by atoms with Crippen molar-refractivity contribution in [3.8, 4) is 0 Å². The van der Waals surface area contributed by atoms with Gasteiger partial charge in [0.25, 0.3) is 0 Å². The van der Waals surface area contributed by atoms with Gasteiger partial charge >= 0.3 is 24.8 Å². The van der Waals surface area contributed by atoms with Crippen molar-refractivity contribution in [1.82, 2.24) is 0 Å². The molecule has 2 heterocycles. The van der Waals surface area contributed by atoms with Gasteiger partial charge in [0.15, 0.2) is 5.58 Å². The van der Waals surface area contributed by atoms with Crippen molar-refractivity contribution in [3.63, 3.8) is 0 Å². The Kier molecular flexibility index (Phi) is 11.8. The van der Waals surface area contributed by atoms with Crippen molar-refractivity contribution >= 4 is 108 Å². The van der Waals surface area contributed by atoms with E-state index in [1.54, 1.807) is 0 Å². The van der Waals surface area contributed by atoms with Gasteiger partial charge in [0.05, 0.1) is 10.2 Å². The number of nitrogen functional groups attached to an aromatic ring is 2. The number of thiol groups is 1. The molecule has 0 atom stereocenters. The Morgan fingerprint density at radius 3 is 1.76 bits per heavy atom. The first kappa shape index (κ1) is 33.8. The Bertz CT molecular complexity index is 1850. The van der Waals surface area contributed by atoms with Crippen molar-refractivity contribution in [2.24, 2.45) is 16.1 Å². The number of hydrogen-bond donors (Lipinski definition) is 3. The van der Waals surface area contributed by atoms with E-state index >= 15 is 0 Å². The Morgan fingerprint density at radius 1 is 0.762 bits per heavy atom. The number of fused-ring (bicyclic) bond motifs is 6. The molecule has 0 spiro atoms. The summed E-state index contributed by atoms with van der Waals surface area (Å²) in [7, 11) is 4.34. The van der Waals surface area contributed by atoms with Crippen LogP contribution in [0.5, 0.6) is 0 Å². The summed E-state index contributed by atoms with van der Waals surface area (Å²) in [5.41, 5.74) is 20.0. The summed E-state index contributed by atoms with van der Waals surface area (Å²) in [6.07, 6.45) is 1.96. The predicted molar refractivity (Wildman–Crippen MR) is 193 cm³/mol. The number of anilines is 2. The first-order valence-electron chi connectivity index (χ1n) is 13.4. The fourth-order valence-electron chi connectivity index (χ4n) is 5.02. The van der Waals surface area contributed by atoms with E-state index in [-0.39, 0.29) is 7.43 Å². The van der Waals surface area contributed by atoms with Crippen molar-refractivity contribution in [1.29, 1.82) is 0 Å². The molecule has 0 bridgehead atoms. The first-order chi connectivity index (χ1) is 19.6. The van der Waals surface area contributed by atoms with Gasteiger partial charge in [-0.05, 0) is 86.4 Å². The maximum atomic E-state index is 6.51. The third kappa shape index (κ3) is 7.06. The Hall–Kier alpha value is -2.75. The quantitative estimate of drug-likeness (QED) is 0.0965. The first-order valence-corrected chi connectivity index (χ1v) is 15.4. The standard InChI is InChI=1S/C20H25NO.C12H7Br2NO.CH4.BHNS/c1-12(2)9-14-11-16-15-7-5-6-8-18(15)22-20(16)17(19(14)21)10-13(3)4;13-8-5-7-6-3-1-2-4-9(6)16-12(7)10(14)11(8)15;;1-2-3/h5-8,11-13H,9-10,21H2,1-4H3;1-5H,15H2;1H4;3H. The summed E-state index contributed by atoms with van der Waals surface area (Å²) >= 11 is 10.1. The molecule has 0 aliphatic heterocycles. The van der Waals surface area contributed by atoms with Crippen molar-refractivity contribution in [2.45, 2.75) is 48.0 Å². The topological polar surface area (TPSA) is 90.7 Å². The van der Waals surface area contributed by atoms with E-state index in [4.69, 9.17) is 20.3 Å². The molecule has 9 heteroatoms. The number of halogens is 2. The molecule has 0 amide bonds. The van der Waals surface area contributed by atoms with E-state index in [1.807, 2.05) is 42.5 Å². The van der Waals surface area contributed by atoms with Gasteiger partial charge in [-0.25, -0.2) is 0 Å².